The lowest BCUT2D eigenvalue weighted by atomic mass is 10.0. The van der Waals surface area contributed by atoms with Crippen molar-refractivity contribution >= 4 is 23.6 Å². The Kier molecular flexibility index (Phi) is 4.17. The Morgan fingerprint density at radius 2 is 2.14 bits per heavy atom. The van der Waals surface area contributed by atoms with Gasteiger partial charge in [-0.2, -0.15) is 0 Å². The minimum atomic E-state index is -1.00. The lowest BCUT2D eigenvalue weighted by Crippen LogP contribution is -2.53. The number of carboxylic acids is 1. The molecule has 0 saturated carbocycles. The van der Waals surface area contributed by atoms with Crippen molar-refractivity contribution in [2.24, 2.45) is 0 Å². The molecular weight excluding hydrogens is 290 g/mol. The van der Waals surface area contributed by atoms with Crippen LogP contribution in [-0.2, 0) is 20.7 Å². The van der Waals surface area contributed by atoms with Gasteiger partial charge in [0.1, 0.15) is 5.25 Å². The van der Waals surface area contributed by atoms with Gasteiger partial charge in [0.2, 0.25) is 5.91 Å². The lowest BCUT2D eigenvalue weighted by molar-refractivity contribution is -0.158. The number of thioether (sulfide) groups is 1. The second-order valence-electron chi connectivity index (χ2n) is 5.16. The van der Waals surface area contributed by atoms with Gasteiger partial charge in [-0.3, -0.25) is 4.79 Å². The number of nitrogens with zero attached hydrogens (tertiary/aromatic N) is 1. The van der Waals surface area contributed by atoms with E-state index >= 15 is 0 Å². The third-order valence-electron chi connectivity index (χ3n) is 3.91. The summed E-state index contributed by atoms with van der Waals surface area (Å²) in [5.41, 5.74) is 2.21. The molecule has 1 aromatic carbocycles. The van der Waals surface area contributed by atoms with Gasteiger partial charge in [0, 0.05) is 6.54 Å². The molecule has 0 unspecified atom stereocenters. The zero-order valence-corrected chi connectivity index (χ0v) is 12.3. The predicted molar refractivity (Wildman–Crippen MR) is 79.3 cm³/mol. The number of amides is 1. The largest absolute Gasteiger partial charge is 0.480 e. The standard InChI is InChI=1S/C15H17NO4S/c17-14(16-6-7-20-9-12(16)15(18)19)13-11-4-2-1-3-10(11)5-8-21-13/h1-4,12-13H,5-9H2,(H,18,19)/t12-,13+/m0/s1. The molecule has 2 aliphatic heterocycles. The summed E-state index contributed by atoms with van der Waals surface area (Å²) >= 11 is 1.60. The number of ether oxygens (including phenoxy) is 1. The third-order valence-corrected chi connectivity index (χ3v) is 5.14. The Balaban J connectivity index is 1.86. The molecule has 0 aromatic heterocycles. The average Bonchev–Trinajstić information content (AvgIpc) is 2.53. The van der Waals surface area contributed by atoms with Gasteiger partial charge in [0.15, 0.2) is 6.04 Å². The molecule has 6 heteroatoms. The number of hydrogen-bond donors (Lipinski definition) is 1. The molecule has 21 heavy (non-hydrogen) atoms. The highest BCUT2D eigenvalue weighted by molar-refractivity contribution is 8.00. The number of carbonyl (C=O) groups is 2. The highest BCUT2D eigenvalue weighted by atomic mass is 32.2. The molecule has 1 N–H and O–H groups in total. The van der Waals surface area contributed by atoms with Crippen molar-refractivity contribution < 1.29 is 19.4 Å². The summed E-state index contributed by atoms with van der Waals surface area (Å²) in [6.07, 6.45) is 0.954. The Labute approximate surface area is 127 Å². The van der Waals surface area contributed by atoms with E-state index in [1.165, 1.54) is 10.5 Å². The van der Waals surface area contributed by atoms with Gasteiger partial charge in [-0.05, 0) is 23.3 Å². The molecule has 1 fully saturated rings. The summed E-state index contributed by atoms with van der Waals surface area (Å²) in [5, 5.41) is 8.97. The van der Waals surface area contributed by atoms with Gasteiger partial charge < -0.3 is 14.7 Å². The maximum atomic E-state index is 12.8. The van der Waals surface area contributed by atoms with E-state index in [1.54, 1.807) is 11.8 Å². The first kappa shape index (κ1) is 14.4. The summed E-state index contributed by atoms with van der Waals surface area (Å²) in [4.78, 5) is 25.6. The fourth-order valence-corrected chi connectivity index (χ4v) is 4.08. The van der Waals surface area contributed by atoms with Crippen molar-refractivity contribution in [3.05, 3.63) is 35.4 Å². The number of carboxylic acid groups (broad SMARTS) is 1. The van der Waals surface area contributed by atoms with Crippen molar-refractivity contribution in [2.45, 2.75) is 17.7 Å². The van der Waals surface area contributed by atoms with E-state index in [0.29, 0.717) is 13.2 Å². The third kappa shape index (κ3) is 2.78. The smallest absolute Gasteiger partial charge is 0.328 e. The van der Waals surface area contributed by atoms with Gasteiger partial charge in [-0.15, -0.1) is 11.8 Å². The summed E-state index contributed by atoms with van der Waals surface area (Å²) in [7, 11) is 0. The van der Waals surface area contributed by atoms with Crippen molar-refractivity contribution in [2.75, 3.05) is 25.5 Å². The van der Waals surface area contributed by atoms with E-state index in [1.807, 2.05) is 24.3 Å². The first-order valence-electron chi connectivity index (χ1n) is 6.99. The first-order chi connectivity index (χ1) is 10.2. The van der Waals surface area contributed by atoms with Crippen LogP contribution in [0.2, 0.25) is 0 Å². The highest BCUT2D eigenvalue weighted by Gasteiger charge is 2.38. The summed E-state index contributed by atoms with van der Waals surface area (Å²) in [5.74, 6) is -0.227. The highest BCUT2D eigenvalue weighted by Crippen LogP contribution is 2.38. The molecule has 0 radical (unpaired) electrons. The number of aryl methyl sites for hydroxylation is 1. The number of carbonyl (C=O) groups excluding carboxylic acids is 1. The maximum Gasteiger partial charge on any atom is 0.328 e. The summed E-state index contributed by atoms with van der Waals surface area (Å²) in [6, 6.07) is 7.05. The van der Waals surface area contributed by atoms with Crippen LogP contribution >= 0.6 is 11.8 Å². The minimum absolute atomic E-state index is 0.0696. The Bertz CT molecular complexity index is 562. The molecule has 1 amide bonds. The van der Waals surface area contributed by atoms with Gasteiger partial charge in [-0.25, -0.2) is 4.79 Å². The van der Waals surface area contributed by atoms with Crippen molar-refractivity contribution in [3.8, 4) is 0 Å². The van der Waals surface area contributed by atoms with E-state index in [9.17, 15) is 14.7 Å². The van der Waals surface area contributed by atoms with E-state index in [2.05, 4.69) is 0 Å². The quantitative estimate of drug-likeness (QED) is 0.893. The van der Waals surface area contributed by atoms with Crippen LogP contribution in [0.5, 0.6) is 0 Å². The Hall–Kier alpha value is -1.53. The van der Waals surface area contributed by atoms with E-state index < -0.39 is 12.0 Å². The van der Waals surface area contributed by atoms with Crippen LogP contribution < -0.4 is 0 Å². The molecule has 0 spiro atoms. The predicted octanol–water partition coefficient (Wildman–Crippen LogP) is 1.33. The van der Waals surface area contributed by atoms with Crippen LogP contribution in [0.3, 0.4) is 0 Å². The fourth-order valence-electron chi connectivity index (χ4n) is 2.82. The monoisotopic (exact) mass is 307 g/mol. The van der Waals surface area contributed by atoms with Crippen molar-refractivity contribution in [3.63, 3.8) is 0 Å². The van der Waals surface area contributed by atoms with E-state index in [-0.39, 0.29) is 17.8 Å². The van der Waals surface area contributed by atoms with Gasteiger partial charge in [0.05, 0.1) is 13.2 Å². The summed E-state index contributed by atoms with van der Waals surface area (Å²) in [6.45, 7) is 0.809. The van der Waals surface area contributed by atoms with Crippen LogP contribution in [-0.4, -0.2) is 53.4 Å². The zero-order chi connectivity index (χ0) is 14.8. The molecule has 2 atom stereocenters. The van der Waals surface area contributed by atoms with Crippen LogP contribution in [0.4, 0.5) is 0 Å². The maximum absolute atomic E-state index is 12.8. The molecule has 5 nitrogen and oxygen atoms in total. The lowest BCUT2D eigenvalue weighted by Gasteiger charge is -2.36. The molecule has 0 bridgehead atoms. The number of aliphatic carboxylic acids is 1. The number of rotatable bonds is 2. The van der Waals surface area contributed by atoms with E-state index in [0.717, 1.165) is 17.7 Å². The molecule has 2 aliphatic rings. The molecular formula is C15H17NO4S. The number of benzene rings is 1. The zero-order valence-electron chi connectivity index (χ0n) is 11.5. The fraction of sp³-hybridized carbons (Fsp3) is 0.467. The normalized spacial score (nSPS) is 25.2. The number of fused-ring (bicyclic) bond motifs is 1. The van der Waals surface area contributed by atoms with Crippen molar-refractivity contribution in [1.82, 2.24) is 4.90 Å². The first-order valence-corrected chi connectivity index (χ1v) is 8.04. The molecule has 1 saturated heterocycles. The van der Waals surface area contributed by atoms with E-state index in [4.69, 9.17) is 4.74 Å². The van der Waals surface area contributed by atoms with Crippen LogP contribution in [0.25, 0.3) is 0 Å². The average molecular weight is 307 g/mol. The molecule has 3 rings (SSSR count). The molecule has 1 aromatic rings. The SMILES string of the molecule is O=C(O)[C@@H]1COCCN1C(=O)[C@@H]1SCCc2ccccc21. The molecule has 0 aliphatic carbocycles. The Morgan fingerprint density at radius 1 is 1.33 bits per heavy atom. The molecule has 2 heterocycles. The second kappa shape index (κ2) is 6.07. The van der Waals surface area contributed by atoms with Gasteiger partial charge in [-0.1, -0.05) is 24.3 Å². The van der Waals surface area contributed by atoms with Crippen LogP contribution in [0.1, 0.15) is 16.4 Å². The number of hydrogen-bond acceptors (Lipinski definition) is 4. The van der Waals surface area contributed by atoms with Crippen molar-refractivity contribution in [1.29, 1.82) is 0 Å². The number of morpholine rings is 1. The second-order valence-corrected chi connectivity index (χ2v) is 6.37. The van der Waals surface area contributed by atoms with Gasteiger partial charge in [0.25, 0.3) is 0 Å². The topological polar surface area (TPSA) is 66.8 Å². The molecule has 112 valence electrons. The van der Waals surface area contributed by atoms with Gasteiger partial charge >= 0.3 is 5.97 Å². The minimum Gasteiger partial charge on any atom is -0.480 e. The van der Waals surface area contributed by atoms with Crippen LogP contribution in [0.15, 0.2) is 24.3 Å². The Morgan fingerprint density at radius 3 is 2.95 bits per heavy atom. The summed E-state index contributed by atoms with van der Waals surface area (Å²) < 4.78 is 5.20. The van der Waals surface area contributed by atoms with Crippen LogP contribution in [0, 0.1) is 0 Å².